The van der Waals surface area contributed by atoms with Crippen LogP contribution in [0.4, 0.5) is 0 Å². The standard InChI is InChI=1S/C20H29Cl2N3O3/c21-17-12-16(13-18(22)14-17)19(26)15-20(27)25-7-5-24(6-8-25)4-3-23-2-1-10-28-11-9-23/h12-14,19,26H,1-11,15H2/t19-/m1/s1. The van der Waals surface area contributed by atoms with E-state index in [0.717, 1.165) is 58.9 Å². The summed E-state index contributed by atoms with van der Waals surface area (Å²) in [6, 6.07) is 4.91. The molecule has 2 saturated heterocycles. The van der Waals surface area contributed by atoms with Gasteiger partial charge in [0.2, 0.25) is 5.91 Å². The number of hydrogen-bond donors (Lipinski definition) is 1. The van der Waals surface area contributed by atoms with E-state index in [1.165, 1.54) is 0 Å². The van der Waals surface area contributed by atoms with Crippen LogP contribution in [-0.2, 0) is 9.53 Å². The monoisotopic (exact) mass is 429 g/mol. The maximum absolute atomic E-state index is 12.6. The molecular formula is C20H29Cl2N3O3. The molecule has 0 unspecified atom stereocenters. The molecule has 0 aromatic heterocycles. The summed E-state index contributed by atoms with van der Waals surface area (Å²) in [6.45, 7) is 9.00. The van der Waals surface area contributed by atoms with Crippen molar-refractivity contribution in [2.45, 2.75) is 18.9 Å². The number of aliphatic hydroxyl groups excluding tert-OH is 1. The quantitative estimate of drug-likeness (QED) is 0.751. The van der Waals surface area contributed by atoms with Gasteiger partial charge in [-0.1, -0.05) is 23.2 Å². The van der Waals surface area contributed by atoms with E-state index in [0.29, 0.717) is 28.7 Å². The molecule has 28 heavy (non-hydrogen) atoms. The van der Waals surface area contributed by atoms with Crippen LogP contribution in [0.1, 0.15) is 24.5 Å². The maximum Gasteiger partial charge on any atom is 0.225 e. The van der Waals surface area contributed by atoms with Crippen molar-refractivity contribution in [3.63, 3.8) is 0 Å². The first-order valence-corrected chi connectivity index (χ1v) is 10.7. The van der Waals surface area contributed by atoms with Crippen molar-refractivity contribution < 1.29 is 14.6 Å². The van der Waals surface area contributed by atoms with E-state index in [2.05, 4.69) is 9.80 Å². The van der Waals surface area contributed by atoms with Gasteiger partial charge in [-0.3, -0.25) is 14.6 Å². The lowest BCUT2D eigenvalue weighted by atomic mass is 10.1. The molecule has 2 heterocycles. The Morgan fingerprint density at radius 3 is 2.29 bits per heavy atom. The molecule has 2 aliphatic rings. The number of aliphatic hydroxyl groups is 1. The summed E-state index contributed by atoms with van der Waals surface area (Å²) in [4.78, 5) is 19.3. The predicted molar refractivity (Wildman–Crippen MR) is 111 cm³/mol. The van der Waals surface area contributed by atoms with Gasteiger partial charge >= 0.3 is 0 Å². The van der Waals surface area contributed by atoms with Gasteiger partial charge in [-0.25, -0.2) is 0 Å². The molecule has 0 radical (unpaired) electrons. The number of benzene rings is 1. The van der Waals surface area contributed by atoms with Gasteiger partial charge in [-0.15, -0.1) is 0 Å². The molecule has 2 aliphatic heterocycles. The fraction of sp³-hybridized carbons (Fsp3) is 0.650. The van der Waals surface area contributed by atoms with Gasteiger partial charge in [0.15, 0.2) is 0 Å². The molecule has 1 aromatic carbocycles. The van der Waals surface area contributed by atoms with Crippen molar-refractivity contribution in [3.05, 3.63) is 33.8 Å². The number of rotatable bonds is 6. The molecular weight excluding hydrogens is 401 g/mol. The van der Waals surface area contributed by atoms with Crippen molar-refractivity contribution in [1.82, 2.24) is 14.7 Å². The fourth-order valence-electron chi connectivity index (χ4n) is 3.70. The number of amides is 1. The lowest BCUT2D eigenvalue weighted by Crippen LogP contribution is -2.50. The fourth-order valence-corrected chi connectivity index (χ4v) is 4.25. The first-order valence-electron chi connectivity index (χ1n) is 9.95. The van der Waals surface area contributed by atoms with Gasteiger partial charge in [0.25, 0.3) is 0 Å². The molecule has 1 atom stereocenters. The number of carbonyl (C=O) groups is 1. The Morgan fingerprint density at radius 1 is 0.964 bits per heavy atom. The third-order valence-corrected chi connectivity index (χ3v) is 5.85. The van der Waals surface area contributed by atoms with Gasteiger partial charge in [0.05, 0.1) is 19.1 Å². The van der Waals surface area contributed by atoms with Gasteiger partial charge < -0.3 is 14.7 Å². The Kier molecular flexibility index (Phi) is 8.38. The Balaban J connectivity index is 1.40. The van der Waals surface area contributed by atoms with Crippen molar-refractivity contribution in [1.29, 1.82) is 0 Å². The molecule has 6 nitrogen and oxygen atoms in total. The first kappa shape index (κ1) is 21.8. The largest absolute Gasteiger partial charge is 0.388 e. The van der Waals surface area contributed by atoms with Crippen LogP contribution in [0.3, 0.4) is 0 Å². The Hall–Kier alpha value is -0.890. The molecule has 0 saturated carbocycles. The Labute approximate surface area is 176 Å². The second-order valence-electron chi connectivity index (χ2n) is 7.45. The molecule has 0 bridgehead atoms. The van der Waals surface area contributed by atoms with Gasteiger partial charge in [-0.05, 0) is 30.2 Å². The highest BCUT2D eigenvalue weighted by Gasteiger charge is 2.24. The number of hydrogen-bond acceptors (Lipinski definition) is 5. The summed E-state index contributed by atoms with van der Waals surface area (Å²) in [6.07, 6.45) is 0.249. The van der Waals surface area contributed by atoms with Crippen LogP contribution >= 0.6 is 23.2 Å². The molecule has 3 rings (SSSR count). The minimum absolute atomic E-state index is 0.0343. The molecule has 0 spiro atoms. The topological polar surface area (TPSA) is 56.2 Å². The summed E-state index contributed by atoms with van der Waals surface area (Å²) in [5.74, 6) is -0.0343. The highest BCUT2D eigenvalue weighted by atomic mass is 35.5. The second-order valence-corrected chi connectivity index (χ2v) is 8.33. The van der Waals surface area contributed by atoms with Crippen LogP contribution in [0, 0.1) is 0 Å². The summed E-state index contributed by atoms with van der Waals surface area (Å²) < 4.78 is 5.50. The first-order chi connectivity index (χ1) is 13.5. The lowest BCUT2D eigenvalue weighted by Gasteiger charge is -2.36. The van der Waals surface area contributed by atoms with Crippen LogP contribution in [-0.4, -0.2) is 91.3 Å². The summed E-state index contributed by atoms with van der Waals surface area (Å²) in [5.41, 5.74) is 0.575. The highest BCUT2D eigenvalue weighted by Crippen LogP contribution is 2.25. The maximum atomic E-state index is 12.6. The molecule has 0 aliphatic carbocycles. The minimum atomic E-state index is -0.896. The second kappa shape index (κ2) is 10.8. The van der Waals surface area contributed by atoms with E-state index in [-0.39, 0.29) is 12.3 Å². The van der Waals surface area contributed by atoms with Gasteiger partial charge in [0, 0.05) is 69.0 Å². The molecule has 8 heteroatoms. The summed E-state index contributed by atoms with van der Waals surface area (Å²) in [7, 11) is 0. The zero-order valence-corrected chi connectivity index (χ0v) is 17.7. The van der Waals surface area contributed by atoms with Crippen LogP contribution in [0.15, 0.2) is 18.2 Å². The molecule has 2 fully saturated rings. The Morgan fingerprint density at radius 2 is 1.61 bits per heavy atom. The average molecular weight is 430 g/mol. The van der Waals surface area contributed by atoms with Crippen molar-refractivity contribution in [3.8, 4) is 0 Å². The number of carbonyl (C=O) groups excluding carboxylic acids is 1. The zero-order chi connectivity index (χ0) is 19.9. The van der Waals surface area contributed by atoms with Crippen LogP contribution in [0.5, 0.6) is 0 Å². The van der Waals surface area contributed by atoms with Crippen molar-refractivity contribution >= 4 is 29.1 Å². The summed E-state index contributed by atoms with van der Waals surface area (Å²) in [5, 5.41) is 11.3. The van der Waals surface area contributed by atoms with E-state index in [1.54, 1.807) is 18.2 Å². The van der Waals surface area contributed by atoms with E-state index >= 15 is 0 Å². The van der Waals surface area contributed by atoms with E-state index < -0.39 is 6.10 Å². The molecule has 1 N–H and O–H groups in total. The molecule has 1 aromatic rings. The van der Waals surface area contributed by atoms with E-state index in [9.17, 15) is 9.90 Å². The SMILES string of the molecule is O=C(C[C@@H](O)c1cc(Cl)cc(Cl)c1)N1CCN(CCN2CCCOCC2)CC1. The Bertz CT molecular complexity index is 625. The van der Waals surface area contributed by atoms with Gasteiger partial charge in [0.1, 0.15) is 0 Å². The van der Waals surface area contributed by atoms with Crippen LogP contribution < -0.4 is 0 Å². The van der Waals surface area contributed by atoms with Crippen LogP contribution in [0.2, 0.25) is 10.0 Å². The zero-order valence-electron chi connectivity index (χ0n) is 16.2. The van der Waals surface area contributed by atoms with Gasteiger partial charge in [-0.2, -0.15) is 0 Å². The third-order valence-electron chi connectivity index (χ3n) is 5.41. The number of piperazine rings is 1. The number of halogens is 2. The summed E-state index contributed by atoms with van der Waals surface area (Å²) >= 11 is 12.0. The van der Waals surface area contributed by atoms with E-state index in [1.807, 2.05) is 4.90 Å². The molecule has 1 amide bonds. The minimum Gasteiger partial charge on any atom is -0.388 e. The molecule has 156 valence electrons. The lowest BCUT2D eigenvalue weighted by molar-refractivity contribution is -0.135. The predicted octanol–water partition coefficient (Wildman–Crippen LogP) is 2.28. The smallest absolute Gasteiger partial charge is 0.225 e. The average Bonchev–Trinajstić information content (AvgIpc) is 2.95. The number of ether oxygens (including phenoxy) is 1. The normalized spacial score (nSPS) is 20.8. The van der Waals surface area contributed by atoms with Crippen LogP contribution in [0.25, 0.3) is 0 Å². The van der Waals surface area contributed by atoms with Crippen molar-refractivity contribution in [2.75, 3.05) is 65.6 Å². The highest BCUT2D eigenvalue weighted by molar-refractivity contribution is 6.34. The van der Waals surface area contributed by atoms with Crippen molar-refractivity contribution in [2.24, 2.45) is 0 Å². The number of nitrogens with zero attached hydrogens (tertiary/aromatic N) is 3. The third kappa shape index (κ3) is 6.58. The van der Waals surface area contributed by atoms with E-state index in [4.69, 9.17) is 27.9 Å².